The van der Waals surface area contributed by atoms with Gasteiger partial charge >= 0.3 is 11.9 Å². The van der Waals surface area contributed by atoms with Crippen LogP contribution in [0.15, 0.2) is 36.4 Å². The van der Waals surface area contributed by atoms with Crippen LogP contribution in [0.2, 0.25) is 0 Å². The number of hydrogen-bond donors (Lipinski definition) is 2. The van der Waals surface area contributed by atoms with Crippen molar-refractivity contribution >= 4 is 23.3 Å². The predicted molar refractivity (Wildman–Crippen MR) is 109 cm³/mol. The molecule has 0 aliphatic rings. The SMILES string of the molecule is O=C(OCCCCCCOC(=O)c1cc([N+](=O)[O-])cc([N+](=O)[O-])c1)c1cc(O)cc(O)c1. The van der Waals surface area contributed by atoms with Gasteiger partial charge in [-0.3, -0.25) is 20.2 Å². The average molecular weight is 448 g/mol. The number of carbonyl (C=O) groups is 2. The van der Waals surface area contributed by atoms with Gasteiger partial charge < -0.3 is 19.7 Å². The standard InChI is InChI=1S/C20H20N2O10/c23-17-9-14(10-18(24)12-17)20(26)32-6-4-2-1-3-5-31-19(25)13-7-15(21(27)28)11-16(8-13)22(29)30/h7-12,23-24H,1-6H2. The molecule has 170 valence electrons. The molecule has 2 aromatic carbocycles. The summed E-state index contributed by atoms with van der Waals surface area (Å²) in [5, 5.41) is 40.4. The molecule has 2 N–H and O–H groups in total. The van der Waals surface area contributed by atoms with E-state index in [1.807, 2.05) is 0 Å². The largest absolute Gasteiger partial charge is 0.508 e. The second-order valence-electron chi connectivity index (χ2n) is 6.68. The topological polar surface area (TPSA) is 179 Å². The summed E-state index contributed by atoms with van der Waals surface area (Å²) in [7, 11) is 0. The Labute approximate surface area is 181 Å². The number of nitro groups is 2. The molecule has 0 bridgehead atoms. The Bertz CT molecular complexity index is 969. The summed E-state index contributed by atoms with van der Waals surface area (Å²) >= 11 is 0. The first kappa shape index (κ1) is 24.1. The molecule has 0 atom stereocenters. The van der Waals surface area contributed by atoms with Crippen LogP contribution in [-0.4, -0.2) is 45.2 Å². The third kappa shape index (κ3) is 7.23. The Morgan fingerprint density at radius 3 is 1.50 bits per heavy atom. The summed E-state index contributed by atoms with van der Waals surface area (Å²) in [5.41, 5.74) is -1.42. The maximum Gasteiger partial charge on any atom is 0.338 e. The van der Waals surface area contributed by atoms with E-state index in [1.54, 1.807) is 0 Å². The van der Waals surface area contributed by atoms with E-state index in [1.165, 1.54) is 12.1 Å². The summed E-state index contributed by atoms with van der Waals surface area (Å²) in [6.45, 7) is 0.129. The molecule has 0 aromatic heterocycles. The van der Waals surface area contributed by atoms with Crippen molar-refractivity contribution in [2.45, 2.75) is 25.7 Å². The molecule has 0 aliphatic carbocycles. The van der Waals surface area contributed by atoms with Gasteiger partial charge in [-0.25, -0.2) is 9.59 Å². The lowest BCUT2D eigenvalue weighted by Crippen LogP contribution is -2.08. The van der Waals surface area contributed by atoms with Crippen LogP contribution >= 0.6 is 0 Å². The van der Waals surface area contributed by atoms with E-state index >= 15 is 0 Å². The fourth-order valence-corrected chi connectivity index (χ4v) is 2.69. The van der Waals surface area contributed by atoms with Crippen molar-refractivity contribution in [1.82, 2.24) is 0 Å². The molecule has 0 spiro atoms. The highest BCUT2D eigenvalue weighted by atomic mass is 16.6. The summed E-state index contributed by atoms with van der Waals surface area (Å²) in [5.74, 6) is -2.10. The quantitative estimate of drug-likeness (QED) is 0.223. The molecule has 0 saturated carbocycles. The fraction of sp³-hybridized carbons (Fsp3) is 0.300. The van der Waals surface area contributed by atoms with Gasteiger partial charge in [-0.2, -0.15) is 0 Å². The monoisotopic (exact) mass is 448 g/mol. The summed E-state index contributed by atoms with van der Waals surface area (Å²) < 4.78 is 10.1. The molecule has 32 heavy (non-hydrogen) atoms. The van der Waals surface area contributed by atoms with Gasteiger partial charge in [0.05, 0.1) is 40.3 Å². The van der Waals surface area contributed by atoms with Gasteiger partial charge in [-0.15, -0.1) is 0 Å². The van der Waals surface area contributed by atoms with Gasteiger partial charge in [-0.05, 0) is 37.8 Å². The van der Waals surface area contributed by atoms with Gasteiger partial charge in [0, 0.05) is 18.2 Å². The second-order valence-corrected chi connectivity index (χ2v) is 6.68. The molecule has 0 saturated heterocycles. The molecule has 0 amide bonds. The van der Waals surface area contributed by atoms with Gasteiger partial charge in [0.2, 0.25) is 0 Å². The first-order valence-electron chi connectivity index (χ1n) is 9.48. The van der Waals surface area contributed by atoms with Crippen molar-refractivity contribution in [1.29, 1.82) is 0 Å². The van der Waals surface area contributed by atoms with Gasteiger partial charge in [0.25, 0.3) is 11.4 Å². The number of aromatic hydroxyl groups is 2. The predicted octanol–water partition coefficient (Wildman–Crippen LogP) is 3.49. The van der Waals surface area contributed by atoms with Crippen LogP contribution in [0.4, 0.5) is 11.4 Å². The van der Waals surface area contributed by atoms with Gasteiger partial charge in [0.15, 0.2) is 0 Å². The molecule has 12 heteroatoms. The highest BCUT2D eigenvalue weighted by Gasteiger charge is 2.20. The Hall–Kier alpha value is -4.22. The average Bonchev–Trinajstić information content (AvgIpc) is 2.74. The molecular weight excluding hydrogens is 428 g/mol. The van der Waals surface area contributed by atoms with Crippen LogP contribution in [0.3, 0.4) is 0 Å². The minimum absolute atomic E-state index is 0.0116. The number of carbonyl (C=O) groups excluding carboxylic acids is 2. The van der Waals surface area contributed by atoms with Crippen molar-refractivity contribution in [2.75, 3.05) is 13.2 Å². The number of benzene rings is 2. The number of hydrogen-bond acceptors (Lipinski definition) is 10. The molecule has 0 aliphatic heterocycles. The third-order valence-electron chi connectivity index (χ3n) is 4.20. The lowest BCUT2D eigenvalue weighted by atomic mass is 10.1. The normalized spacial score (nSPS) is 10.4. The molecule has 2 aromatic rings. The molecule has 0 radical (unpaired) electrons. The maximum absolute atomic E-state index is 12.0. The van der Waals surface area contributed by atoms with Crippen LogP contribution in [0.5, 0.6) is 11.5 Å². The highest BCUT2D eigenvalue weighted by molar-refractivity contribution is 5.91. The Kier molecular flexibility index (Phi) is 8.45. The second kappa shape index (κ2) is 11.2. The van der Waals surface area contributed by atoms with Crippen LogP contribution in [0.25, 0.3) is 0 Å². The number of rotatable bonds is 11. The Morgan fingerprint density at radius 1 is 0.688 bits per heavy atom. The summed E-state index contributed by atoms with van der Waals surface area (Å²) in [4.78, 5) is 43.9. The lowest BCUT2D eigenvalue weighted by Gasteiger charge is -2.07. The number of esters is 2. The smallest absolute Gasteiger partial charge is 0.338 e. The number of non-ortho nitro benzene ring substituents is 2. The van der Waals surface area contributed by atoms with Crippen molar-refractivity contribution in [3.63, 3.8) is 0 Å². The molecule has 12 nitrogen and oxygen atoms in total. The lowest BCUT2D eigenvalue weighted by molar-refractivity contribution is -0.394. The number of phenolic OH excluding ortho intramolecular Hbond substituents is 2. The third-order valence-corrected chi connectivity index (χ3v) is 4.20. The van der Waals surface area contributed by atoms with E-state index in [-0.39, 0.29) is 35.8 Å². The van der Waals surface area contributed by atoms with Gasteiger partial charge in [-0.1, -0.05) is 0 Å². The number of phenols is 2. The van der Waals surface area contributed by atoms with E-state index in [0.717, 1.165) is 24.3 Å². The minimum atomic E-state index is -0.903. The molecule has 0 fully saturated rings. The molecule has 0 heterocycles. The van der Waals surface area contributed by atoms with Crippen LogP contribution in [0, 0.1) is 20.2 Å². The fourth-order valence-electron chi connectivity index (χ4n) is 2.69. The first-order chi connectivity index (χ1) is 15.2. The Balaban J connectivity index is 1.69. The van der Waals surface area contributed by atoms with Gasteiger partial charge in [0.1, 0.15) is 11.5 Å². The van der Waals surface area contributed by atoms with Crippen molar-refractivity contribution < 1.29 is 39.1 Å². The minimum Gasteiger partial charge on any atom is -0.508 e. The van der Waals surface area contributed by atoms with E-state index in [4.69, 9.17) is 9.47 Å². The van der Waals surface area contributed by atoms with E-state index in [0.29, 0.717) is 25.7 Å². The zero-order chi connectivity index (χ0) is 23.7. The maximum atomic E-state index is 12.0. The zero-order valence-corrected chi connectivity index (χ0v) is 16.8. The van der Waals surface area contributed by atoms with Crippen LogP contribution < -0.4 is 0 Å². The number of unbranched alkanes of at least 4 members (excludes halogenated alkanes) is 3. The summed E-state index contributed by atoms with van der Waals surface area (Å²) in [6.07, 6.45) is 2.28. The van der Waals surface area contributed by atoms with E-state index < -0.39 is 33.2 Å². The van der Waals surface area contributed by atoms with E-state index in [9.17, 15) is 40.0 Å². The Morgan fingerprint density at radius 2 is 1.09 bits per heavy atom. The number of nitro benzene ring substituents is 2. The van der Waals surface area contributed by atoms with Crippen molar-refractivity contribution in [2.24, 2.45) is 0 Å². The zero-order valence-electron chi connectivity index (χ0n) is 16.8. The summed E-state index contributed by atoms with van der Waals surface area (Å²) in [6, 6.07) is 6.02. The first-order valence-corrected chi connectivity index (χ1v) is 9.48. The molecule has 2 rings (SSSR count). The van der Waals surface area contributed by atoms with Crippen LogP contribution in [0.1, 0.15) is 46.4 Å². The number of nitrogens with zero attached hydrogens (tertiary/aromatic N) is 2. The van der Waals surface area contributed by atoms with Crippen molar-refractivity contribution in [3.05, 3.63) is 67.8 Å². The van der Waals surface area contributed by atoms with Crippen LogP contribution in [-0.2, 0) is 9.47 Å². The molecular formula is C20H20N2O10. The molecule has 0 unspecified atom stereocenters. The highest BCUT2D eigenvalue weighted by Crippen LogP contribution is 2.23. The number of ether oxygens (including phenoxy) is 2. The van der Waals surface area contributed by atoms with Crippen molar-refractivity contribution in [3.8, 4) is 11.5 Å². The van der Waals surface area contributed by atoms with E-state index in [2.05, 4.69) is 0 Å².